The molecule has 3 heterocycles. The Labute approximate surface area is 170 Å². The predicted molar refractivity (Wildman–Crippen MR) is 106 cm³/mol. The minimum atomic E-state index is -4.55. The van der Waals surface area contributed by atoms with Crippen molar-refractivity contribution in [2.75, 3.05) is 0 Å². The van der Waals surface area contributed by atoms with Crippen LogP contribution >= 0.6 is 0 Å². The molecule has 0 saturated heterocycles. The van der Waals surface area contributed by atoms with Gasteiger partial charge >= 0.3 is 11.9 Å². The van der Waals surface area contributed by atoms with Crippen molar-refractivity contribution in [3.8, 4) is 5.69 Å². The zero-order valence-electron chi connectivity index (χ0n) is 16.7. The Morgan fingerprint density at radius 1 is 1.17 bits per heavy atom. The first kappa shape index (κ1) is 19.9. The number of fused-ring (bicyclic) bond motifs is 1. The lowest BCUT2D eigenvalue weighted by atomic mass is 9.97. The van der Waals surface area contributed by atoms with Crippen LogP contribution in [0.2, 0.25) is 0 Å². The molecule has 0 spiro atoms. The summed E-state index contributed by atoms with van der Waals surface area (Å²) in [5.74, 6) is 0.900. The van der Waals surface area contributed by atoms with Gasteiger partial charge in [0, 0.05) is 25.4 Å². The van der Waals surface area contributed by atoms with E-state index >= 15 is 0 Å². The molecule has 9 heteroatoms. The second kappa shape index (κ2) is 7.16. The van der Waals surface area contributed by atoms with Gasteiger partial charge in [0.1, 0.15) is 12.2 Å². The number of imidazole rings is 1. The van der Waals surface area contributed by atoms with Gasteiger partial charge in [-0.05, 0) is 42.7 Å². The standard InChI is InChI=1S/C21H20F3N5O/c1-13(10-18-26-25-12-27(18)3)15-6-4-7-16(11-15)29-14(2)19-17(21(22,23)24)8-5-9-28(19)20(29)30/h4-9,11-13H,10H2,1-3H3. The van der Waals surface area contributed by atoms with Gasteiger partial charge in [-0.15, -0.1) is 10.2 Å². The van der Waals surface area contributed by atoms with Crippen LogP contribution in [0, 0.1) is 6.92 Å². The molecule has 1 atom stereocenters. The molecule has 0 fully saturated rings. The van der Waals surface area contributed by atoms with E-state index in [2.05, 4.69) is 10.2 Å². The Hall–Kier alpha value is -3.36. The lowest BCUT2D eigenvalue weighted by Gasteiger charge is -2.13. The van der Waals surface area contributed by atoms with E-state index in [1.54, 1.807) is 18.5 Å². The lowest BCUT2D eigenvalue weighted by molar-refractivity contribution is -0.136. The van der Waals surface area contributed by atoms with E-state index in [1.807, 2.05) is 30.7 Å². The molecule has 0 N–H and O–H groups in total. The number of aryl methyl sites for hydroxylation is 2. The number of nitrogens with zero attached hydrogens (tertiary/aromatic N) is 5. The Morgan fingerprint density at radius 2 is 1.93 bits per heavy atom. The summed E-state index contributed by atoms with van der Waals surface area (Å²) in [4.78, 5) is 12.9. The number of rotatable bonds is 4. The van der Waals surface area contributed by atoms with Crippen molar-refractivity contribution in [1.29, 1.82) is 0 Å². The quantitative estimate of drug-likeness (QED) is 0.508. The highest BCUT2D eigenvalue weighted by atomic mass is 19.4. The van der Waals surface area contributed by atoms with Crippen LogP contribution in [0.1, 0.15) is 35.5 Å². The molecule has 0 bridgehead atoms. The Balaban J connectivity index is 1.81. The topological polar surface area (TPSA) is 57.1 Å². The second-order valence-electron chi connectivity index (χ2n) is 7.40. The smallest absolute Gasteiger partial charge is 0.321 e. The first-order chi connectivity index (χ1) is 14.2. The maximum atomic E-state index is 13.5. The van der Waals surface area contributed by atoms with Crippen LogP contribution in [0.5, 0.6) is 0 Å². The molecule has 1 aromatic carbocycles. The van der Waals surface area contributed by atoms with E-state index in [0.29, 0.717) is 12.1 Å². The molecule has 30 heavy (non-hydrogen) atoms. The van der Waals surface area contributed by atoms with Gasteiger partial charge in [-0.25, -0.2) is 4.79 Å². The van der Waals surface area contributed by atoms with Crippen LogP contribution < -0.4 is 5.69 Å². The molecule has 0 aliphatic rings. The van der Waals surface area contributed by atoms with Crippen molar-refractivity contribution < 1.29 is 13.2 Å². The number of benzene rings is 1. The minimum absolute atomic E-state index is 0.0756. The summed E-state index contributed by atoms with van der Waals surface area (Å²) >= 11 is 0. The van der Waals surface area contributed by atoms with Crippen molar-refractivity contribution in [1.82, 2.24) is 23.7 Å². The average molecular weight is 415 g/mol. The third kappa shape index (κ3) is 3.30. The van der Waals surface area contributed by atoms with E-state index in [-0.39, 0.29) is 17.1 Å². The van der Waals surface area contributed by atoms with Gasteiger partial charge < -0.3 is 4.57 Å². The summed E-state index contributed by atoms with van der Waals surface area (Å²) < 4.78 is 44.7. The third-order valence-electron chi connectivity index (χ3n) is 5.37. The van der Waals surface area contributed by atoms with E-state index in [9.17, 15) is 18.0 Å². The Morgan fingerprint density at radius 3 is 2.60 bits per heavy atom. The summed E-state index contributed by atoms with van der Waals surface area (Å²) in [6.45, 7) is 3.56. The summed E-state index contributed by atoms with van der Waals surface area (Å²) in [6.07, 6.45) is -0.921. The van der Waals surface area contributed by atoms with Gasteiger partial charge in [0.25, 0.3) is 0 Å². The molecule has 4 aromatic rings. The molecule has 6 nitrogen and oxygen atoms in total. The highest BCUT2D eigenvalue weighted by molar-refractivity contribution is 5.62. The lowest BCUT2D eigenvalue weighted by Crippen LogP contribution is -2.19. The maximum absolute atomic E-state index is 13.5. The predicted octanol–water partition coefficient (Wildman–Crippen LogP) is 3.89. The van der Waals surface area contributed by atoms with Crippen LogP contribution in [-0.2, 0) is 19.6 Å². The normalized spacial score (nSPS) is 13.1. The fourth-order valence-electron chi connectivity index (χ4n) is 3.78. The van der Waals surface area contributed by atoms with Crippen LogP contribution in [0.15, 0.2) is 53.7 Å². The maximum Gasteiger partial charge on any atom is 0.418 e. The van der Waals surface area contributed by atoms with E-state index in [4.69, 9.17) is 0 Å². The van der Waals surface area contributed by atoms with Gasteiger partial charge in [-0.2, -0.15) is 13.2 Å². The SMILES string of the molecule is Cc1c2c(C(F)(F)F)cccn2c(=O)n1-c1cccc(C(C)Cc2nncn2C)c1. The van der Waals surface area contributed by atoms with Crippen LogP contribution in [-0.4, -0.2) is 23.7 Å². The van der Waals surface area contributed by atoms with Gasteiger partial charge in [0.05, 0.1) is 16.8 Å². The van der Waals surface area contributed by atoms with Crippen molar-refractivity contribution in [3.05, 3.63) is 82.1 Å². The van der Waals surface area contributed by atoms with Crippen molar-refractivity contribution in [2.45, 2.75) is 32.4 Å². The molecule has 1 unspecified atom stereocenters. The van der Waals surface area contributed by atoms with Crippen molar-refractivity contribution >= 4 is 5.52 Å². The van der Waals surface area contributed by atoms with Gasteiger partial charge in [0.15, 0.2) is 0 Å². The summed E-state index contributed by atoms with van der Waals surface area (Å²) in [6, 6.07) is 9.52. The molecular formula is C21H20F3N5O. The van der Waals surface area contributed by atoms with Crippen LogP contribution in [0.3, 0.4) is 0 Å². The van der Waals surface area contributed by atoms with Crippen molar-refractivity contribution in [3.63, 3.8) is 0 Å². The van der Waals surface area contributed by atoms with Gasteiger partial charge in [-0.1, -0.05) is 19.1 Å². The number of halogens is 3. The highest BCUT2D eigenvalue weighted by Gasteiger charge is 2.34. The summed E-state index contributed by atoms with van der Waals surface area (Å²) in [7, 11) is 1.87. The van der Waals surface area contributed by atoms with Crippen LogP contribution in [0.4, 0.5) is 13.2 Å². The first-order valence-electron chi connectivity index (χ1n) is 9.41. The summed E-state index contributed by atoms with van der Waals surface area (Å²) in [5, 5.41) is 7.98. The van der Waals surface area contributed by atoms with E-state index in [0.717, 1.165) is 21.9 Å². The van der Waals surface area contributed by atoms with E-state index < -0.39 is 17.4 Å². The molecule has 156 valence electrons. The molecule has 0 aliphatic carbocycles. The number of aromatic nitrogens is 5. The van der Waals surface area contributed by atoms with Gasteiger partial charge in [-0.3, -0.25) is 8.97 Å². The van der Waals surface area contributed by atoms with Gasteiger partial charge in [0.2, 0.25) is 0 Å². The first-order valence-corrected chi connectivity index (χ1v) is 9.41. The molecule has 0 aliphatic heterocycles. The van der Waals surface area contributed by atoms with Crippen LogP contribution in [0.25, 0.3) is 11.2 Å². The number of alkyl halides is 3. The number of hydrogen-bond acceptors (Lipinski definition) is 3. The number of hydrogen-bond donors (Lipinski definition) is 0. The largest absolute Gasteiger partial charge is 0.418 e. The molecule has 0 radical (unpaired) electrons. The van der Waals surface area contributed by atoms with E-state index in [1.165, 1.54) is 23.8 Å². The molecule has 0 saturated carbocycles. The Bertz CT molecular complexity index is 1280. The molecule has 0 amide bonds. The highest BCUT2D eigenvalue weighted by Crippen LogP contribution is 2.34. The zero-order chi connectivity index (χ0) is 21.6. The minimum Gasteiger partial charge on any atom is -0.321 e. The molecular weight excluding hydrogens is 395 g/mol. The Kier molecular flexibility index (Phi) is 4.76. The monoisotopic (exact) mass is 415 g/mol. The second-order valence-corrected chi connectivity index (χ2v) is 7.40. The molecule has 3 aromatic heterocycles. The molecule has 4 rings (SSSR count). The fraction of sp³-hybridized carbons (Fsp3) is 0.286. The average Bonchev–Trinajstić information content (AvgIpc) is 3.22. The summed E-state index contributed by atoms with van der Waals surface area (Å²) in [5.41, 5.74) is 0.222. The zero-order valence-corrected chi connectivity index (χ0v) is 16.7. The van der Waals surface area contributed by atoms with Crippen molar-refractivity contribution in [2.24, 2.45) is 7.05 Å². The fourth-order valence-corrected chi connectivity index (χ4v) is 3.78. The number of pyridine rings is 1. The third-order valence-corrected chi connectivity index (χ3v) is 5.37.